The molecule has 1 aliphatic heterocycles. The lowest BCUT2D eigenvalue weighted by molar-refractivity contribution is -0.150. The molecule has 2 amide bonds. The maximum Gasteiger partial charge on any atom is 0.309 e. The molecule has 0 saturated heterocycles. The monoisotopic (exact) mass is 568 g/mol. The molecule has 0 fully saturated rings. The zero-order valence-corrected chi connectivity index (χ0v) is 23.9. The molecule has 3 N–H and O–H groups in total. The number of esters is 1. The molecule has 1 aliphatic rings. The number of carbonyl (C=O) groups excluding carboxylic acids is 3. The molecule has 7 nitrogen and oxygen atoms in total. The number of rotatable bonds is 10. The summed E-state index contributed by atoms with van der Waals surface area (Å²) in [4.78, 5) is 39.7. The van der Waals surface area contributed by atoms with Gasteiger partial charge in [-0.25, -0.2) is 0 Å². The Kier molecular flexibility index (Phi) is 11.9. The van der Waals surface area contributed by atoms with Crippen LogP contribution < -0.4 is 10.6 Å². The van der Waals surface area contributed by atoms with Crippen molar-refractivity contribution in [1.29, 1.82) is 0 Å². The van der Waals surface area contributed by atoms with Gasteiger partial charge in [-0.15, -0.1) is 0 Å². The first kappa shape index (κ1) is 30.7. The first-order chi connectivity index (χ1) is 20.5. The Morgan fingerprint density at radius 2 is 1.36 bits per heavy atom. The number of cyclic esters (lactones) is 1. The number of carbonyl (C=O) groups is 3. The van der Waals surface area contributed by atoms with Crippen LogP contribution in [0.4, 0.5) is 0 Å². The van der Waals surface area contributed by atoms with E-state index in [4.69, 9.17) is 4.74 Å². The summed E-state index contributed by atoms with van der Waals surface area (Å²) in [7, 11) is 0. The minimum absolute atomic E-state index is 0.0211. The van der Waals surface area contributed by atoms with Crippen LogP contribution in [0.1, 0.15) is 36.0 Å². The topological polar surface area (TPSA) is 105 Å². The van der Waals surface area contributed by atoms with Crippen LogP contribution in [0.3, 0.4) is 0 Å². The maximum atomic E-state index is 13.5. The summed E-state index contributed by atoms with van der Waals surface area (Å²) in [5.41, 5.74) is 3.07. The van der Waals surface area contributed by atoms with Crippen LogP contribution in [0.5, 0.6) is 0 Å². The first-order valence-corrected chi connectivity index (χ1v) is 14.6. The van der Waals surface area contributed by atoms with E-state index < -0.39 is 18.0 Å². The number of hydrogen-bond acceptors (Lipinski definition) is 5. The van der Waals surface area contributed by atoms with Crippen LogP contribution in [0.2, 0.25) is 0 Å². The Hall–Kier alpha value is -4.23. The second-order valence-corrected chi connectivity index (χ2v) is 10.9. The van der Waals surface area contributed by atoms with Crippen molar-refractivity contribution < 1.29 is 24.2 Å². The van der Waals surface area contributed by atoms with Gasteiger partial charge in [-0.2, -0.15) is 0 Å². The zero-order valence-electron chi connectivity index (χ0n) is 23.9. The highest BCUT2D eigenvalue weighted by molar-refractivity contribution is 5.86. The second kappa shape index (κ2) is 16.3. The molecule has 0 bridgehead atoms. The predicted octanol–water partition coefficient (Wildman–Crippen LogP) is 4.19. The fourth-order valence-electron chi connectivity index (χ4n) is 5.21. The molecule has 0 aliphatic carbocycles. The molecule has 7 heteroatoms. The summed E-state index contributed by atoms with van der Waals surface area (Å²) in [6.45, 7) is -0.165. The van der Waals surface area contributed by atoms with Crippen molar-refractivity contribution in [3.8, 4) is 0 Å². The molecule has 0 saturated carbocycles. The number of nitrogens with one attached hydrogen (secondary N) is 2. The zero-order chi connectivity index (χ0) is 29.6. The SMILES string of the molecule is O=C(C[C@H]1CC=CC[C@H](Cc2ccccc2)C(=O)OC[C@@H](Cc2ccccc2)NC1=O)N[C@@H](CO)Cc1ccccc1. The molecule has 0 radical (unpaired) electrons. The molecule has 42 heavy (non-hydrogen) atoms. The normalized spacial score (nSPS) is 20.4. The van der Waals surface area contributed by atoms with Crippen molar-refractivity contribution in [2.75, 3.05) is 13.2 Å². The smallest absolute Gasteiger partial charge is 0.309 e. The van der Waals surface area contributed by atoms with Crippen LogP contribution in [0.15, 0.2) is 103 Å². The van der Waals surface area contributed by atoms with Gasteiger partial charge in [0, 0.05) is 6.42 Å². The van der Waals surface area contributed by atoms with Gasteiger partial charge in [-0.3, -0.25) is 14.4 Å². The molecular formula is C35H40N2O5. The first-order valence-electron chi connectivity index (χ1n) is 14.6. The molecule has 0 aromatic heterocycles. The van der Waals surface area contributed by atoms with Gasteiger partial charge in [0.2, 0.25) is 11.8 Å². The lowest BCUT2D eigenvalue weighted by Crippen LogP contribution is -2.46. The van der Waals surface area contributed by atoms with E-state index in [9.17, 15) is 19.5 Å². The molecule has 0 unspecified atom stereocenters. The minimum Gasteiger partial charge on any atom is -0.463 e. The largest absolute Gasteiger partial charge is 0.463 e. The number of aliphatic hydroxyl groups excluding tert-OH is 1. The van der Waals surface area contributed by atoms with Crippen molar-refractivity contribution in [2.24, 2.45) is 11.8 Å². The van der Waals surface area contributed by atoms with Gasteiger partial charge < -0.3 is 20.5 Å². The lowest BCUT2D eigenvalue weighted by atomic mass is 9.94. The summed E-state index contributed by atoms with van der Waals surface area (Å²) < 4.78 is 5.78. The van der Waals surface area contributed by atoms with Crippen molar-refractivity contribution in [3.05, 3.63) is 120 Å². The number of ether oxygens (including phenoxy) is 1. The Labute approximate surface area is 248 Å². The van der Waals surface area contributed by atoms with Crippen LogP contribution in [-0.2, 0) is 38.4 Å². The highest BCUT2D eigenvalue weighted by Crippen LogP contribution is 2.19. The summed E-state index contributed by atoms with van der Waals surface area (Å²) in [5.74, 6) is -1.82. The standard InChI is InChI=1S/C35H40N2O5/c38-24-31(21-27-14-6-2-7-15-27)36-33(39)23-29-18-10-11-19-30(20-26-12-4-1-5-13-26)35(41)42-25-32(37-34(29)40)22-28-16-8-3-9-17-28/h1-17,29-32,38H,18-25H2,(H,36,39)(H,37,40)/t29-,30-,31-,32-/m1/s1. The molecule has 1 heterocycles. The Bertz CT molecular complexity index is 1300. The van der Waals surface area contributed by atoms with Gasteiger partial charge in [0.05, 0.1) is 30.5 Å². The molecular weight excluding hydrogens is 528 g/mol. The van der Waals surface area contributed by atoms with E-state index in [-0.39, 0.29) is 43.3 Å². The van der Waals surface area contributed by atoms with E-state index in [1.54, 1.807) is 0 Å². The highest BCUT2D eigenvalue weighted by Gasteiger charge is 2.27. The third-order valence-electron chi connectivity index (χ3n) is 7.48. The van der Waals surface area contributed by atoms with E-state index >= 15 is 0 Å². The number of hydrogen-bond donors (Lipinski definition) is 3. The predicted molar refractivity (Wildman–Crippen MR) is 162 cm³/mol. The van der Waals surface area contributed by atoms with Gasteiger partial charge in [-0.05, 0) is 48.8 Å². The Morgan fingerprint density at radius 3 is 1.95 bits per heavy atom. The average molecular weight is 569 g/mol. The minimum atomic E-state index is -0.613. The molecule has 3 aromatic rings. The number of benzene rings is 3. The van der Waals surface area contributed by atoms with Crippen LogP contribution in [-0.4, -0.2) is 48.2 Å². The molecule has 0 spiro atoms. The van der Waals surface area contributed by atoms with Crippen molar-refractivity contribution in [1.82, 2.24) is 10.6 Å². The Morgan fingerprint density at radius 1 is 0.810 bits per heavy atom. The van der Waals surface area contributed by atoms with Crippen LogP contribution >= 0.6 is 0 Å². The quantitative estimate of drug-likeness (QED) is 0.251. The molecule has 4 rings (SSSR count). The fourth-order valence-corrected chi connectivity index (χ4v) is 5.21. The van der Waals surface area contributed by atoms with Gasteiger partial charge in [0.25, 0.3) is 0 Å². The van der Waals surface area contributed by atoms with Gasteiger partial charge in [0.15, 0.2) is 0 Å². The molecule has 220 valence electrons. The van der Waals surface area contributed by atoms with Crippen LogP contribution in [0.25, 0.3) is 0 Å². The average Bonchev–Trinajstić information content (AvgIpc) is 3.01. The van der Waals surface area contributed by atoms with Crippen molar-refractivity contribution >= 4 is 17.8 Å². The van der Waals surface area contributed by atoms with Gasteiger partial charge in [-0.1, -0.05) is 103 Å². The summed E-state index contributed by atoms with van der Waals surface area (Å²) >= 11 is 0. The van der Waals surface area contributed by atoms with E-state index in [2.05, 4.69) is 10.6 Å². The highest BCUT2D eigenvalue weighted by atomic mass is 16.5. The van der Waals surface area contributed by atoms with Gasteiger partial charge in [0.1, 0.15) is 6.61 Å². The lowest BCUT2D eigenvalue weighted by Gasteiger charge is -2.25. The fraction of sp³-hybridized carbons (Fsp3) is 0.343. The maximum absolute atomic E-state index is 13.5. The van der Waals surface area contributed by atoms with Gasteiger partial charge >= 0.3 is 5.97 Å². The van der Waals surface area contributed by atoms with Crippen molar-refractivity contribution in [2.45, 2.75) is 50.6 Å². The van der Waals surface area contributed by atoms with E-state index in [1.807, 2.05) is 103 Å². The van der Waals surface area contributed by atoms with E-state index in [0.29, 0.717) is 32.1 Å². The van der Waals surface area contributed by atoms with E-state index in [1.165, 1.54) is 0 Å². The third kappa shape index (κ3) is 10.00. The summed E-state index contributed by atoms with van der Waals surface area (Å²) in [6.07, 6.45) is 6.12. The second-order valence-electron chi connectivity index (χ2n) is 10.9. The van der Waals surface area contributed by atoms with Crippen molar-refractivity contribution in [3.63, 3.8) is 0 Å². The Balaban J connectivity index is 1.48. The molecule has 4 atom stereocenters. The molecule has 3 aromatic carbocycles. The number of allylic oxidation sites excluding steroid dienone is 2. The summed E-state index contributed by atoms with van der Waals surface area (Å²) in [5, 5.41) is 15.8. The van der Waals surface area contributed by atoms with Crippen LogP contribution in [0, 0.1) is 11.8 Å². The third-order valence-corrected chi connectivity index (χ3v) is 7.48. The number of aliphatic hydroxyl groups is 1. The summed E-state index contributed by atoms with van der Waals surface area (Å²) in [6, 6.07) is 28.3. The van der Waals surface area contributed by atoms with E-state index in [0.717, 1.165) is 16.7 Å². The number of amides is 2.